The Kier molecular flexibility index (Phi) is 14.5. The molecule has 348 valence electrons. The predicted molar refractivity (Wildman–Crippen MR) is 240 cm³/mol. The monoisotopic (exact) mass is 929 g/mol. The van der Waals surface area contributed by atoms with Crippen LogP contribution in [0, 0.1) is 11.6 Å². The summed E-state index contributed by atoms with van der Waals surface area (Å²) in [7, 11) is -2.86. The number of ketones is 1. The number of anilines is 3. The number of nitrogens with zero attached hydrogens (tertiary/aromatic N) is 6. The lowest BCUT2D eigenvalue weighted by atomic mass is 9.89. The zero-order valence-electron chi connectivity index (χ0n) is 36.1. The van der Waals surface area contributed by atoms with Gasteiger partial charge in [-0.1, -0.05) is 19.1 Å². The molecule has 6 heterocycles. The summed E-state index contributed by atoms with van der Waals surface area (Å²) in [6, 6.07) is 10.9. The largest absolute Gasteiger partial charge is 0.483 e. The maximum atomic E-state index is 15.6. The molecule has 8 rings (SSSR count). The minimum Gasteiger partial charge on any atom is -0.483 e. The molecular weight excluding hydrogens is 881 g/mol. The summed E-state index contributed by atoms with van der Waals surface area (Å²) < 4.78 is 58.7. The molecule has 5 aromatic rings. The first-order valence-corrected chi connectivity index (χ1v) is 22.8. The lowest BCUT2D eigenvalue weighted by Crippen LogP contribution is -2.51. The first-order chi connectivity index (χ1) is 31.7. The molecule has 0 bridgehead atoms. The lowest BCUT2D eigenvalue weighted by molar-refractivity contribution is -0.133. The second-order valence-electron chi connectivity index (χ2n) is 16.1. The highest BCUT2D eigenvalue weighted by Crippen LogP contribution is 2.32. The van der Waals surface area contributed by atoms with Crippen LogP contribution in [0.2, 0.25) is 0 Å². The summed E-state index contributed by atoms with van der Waals surface area (Å²) in [6.45, 7) is 3.99. The number of benzene rings is 2. The second kappa shape index (κ2) is 20.4. The van der Waals surface area contributed by atoms with Crippen molar-refractivity contribution in [2.75, 3.05) is 54.7 Å². The molecule has 3 aromatic heterocycles. The lowest BCUT2D eigenvalue weighted by Gasteiger charge is -2.36. The summed E-state index contributed by atoms with van der Waals surface area (Å²) in [5, 5.41) is 16.0. The fourth-order valence-corrected chi connectivity index (χ4v) is 9.06. The quantitative estimate of drug-likeness (QED) is 0.0569. The Morgan fingerprint density at radius 3 is 2.26 bits per heavy atom. The van der Waals surface area contributed by atoms with Gasteiger partial charge in [0.1, 0.15) is 17.5 Å². The number of pyridine rings is 1. The number of likely N-dealkylation sites (tertiary alicyclic amines) is 1. The van der Waals surface area contributed by atoms with Gasteiger partial charge in [0.05, 0.1) is 11.3 Å². The molecule has 66 heavy (non-hydrogen) atoms. The van der Waals surface area contributed by atoms with Crippen molar-refractivity contribution in [3.8, 4) is 11.1 Å². The number of aromatic nitrogens is 4. The Morgan fingerprint density at radius 1 is 0.939 bits per heavy atom. The van der Waals surface area contributed by atoms with Crippen LogP contribution < -0.4 is 25.6 Å². The summed E-state index contributed by atoms with van der Waals surface area (Å²) in [5.41, 5.74) is 1.90. The fraction of sp³-hybridized carbons (Fsp3) is 0.364. The number of nitrogens with one attached hydrogen (secondary N) is 5. The third-order valence-corrected chi connectivity index (χ3v) is 13.6. The number of carboxylic acid groups (broad SMARTS) is 1. The van der Waals surface area contributed by atoms with E-state index in [4.69, 9.17) is 9.90 Å². The molecule has 0 aliphatic carbocycles. The third-order valence-electron chi connectivity index (χ3n) is 12.0. The van der Waals surface area contributed by atoms with Crippen LogP contribution in [0.5, 0.6) is 0 Å². The Hall–Kier alpha value is -7.07. The van der Waals surface area contributed by atoms with Crippen LogP contribution in [-0.2, 0) is 24.6 Å². The van der Waals surface area contributed by atoms with Crippen molar-refractivity contribution in [3.05, 3.63) is 95.6 Å². The number of hydrogen-bond donors (Lipinski definition) is 6. The summed E-state index contributed by atoms with van der Waals surface area (Å²) in [4.78, 5) is 79.2. The molecule has 4 amide bonds. The van der Waals surface area contributed by atoms with Gasteiger partial charge in [0.2, 0.25) is 23.5 Å². The van der Waals surface area contributed by atoms with Crippen LogP contribution in [0.3, 0.4) is 0 Å². The van der Waals surface area contributed by atoms with Crippen molar-refractivity contribution < 1.29 is 46.3 Å². The van der Waals surface area contributed by atoms with Gasteiger partial charge in [-0.2, -0.15) is 12.7 Å². The Bertz CT molecular complexity index is 2710. The van der Waals surface area contributed by atoms with Crippen LogP contribution >= 0.6 is 0 Å². The zero-order valence-corrected chi connectivity index (χ0v) is 36.9. The highest BCUT2D eigenvalue weighted by atomic mass is 32.2. The van der Waals surface area contributed by atoms with Crippen molar-refractivity contribution in [3.63, 3.8) is 0 Å². The topological polar surface area (TPSA) is 252 Å². The van der Waals surface area contributed by atoms with Crippen LogP contribution in [-0.4, -0.2) is 125 Å². The number of fused-ring (bicyclic) bond motifs is 1. The SMILES string of the molecule is CCN(C)S(=O)(=O)Nc1ccc(F)c(C(=O)c2c[nH]c3ncc(-c4cnc(N5CCC(NC(=O)N6CCC(c7ccc(NC8CCC(=O)NC8=O)cc7)CC6)CC5)nc4)cc23)c1F.O=CO. The van der Waals surface area contributed by atoms with E-state index in [0.717, 1.165) is 35.0 Å². The van der Waals surface area contributed by atoms with Gasteiger partial charge in [-0.15, -0.1) is 0 Å². The standard InChI is InChI=1S/C43H47F2N11O6S.CH2O2/c1-3-54(2)63(61,62)53-34-9-8-33(44)37(38(34)45)39(58)32-24-47-40-31(32)20-27(21-46-40)28-22-48-42(49-23-28)55-18-14-30(15-19-55)51-43(60)56-16-12-26(13-17-56)25-4-6-29(7-5-25)50-35-10-11-36(57)52-41(35)59;2-1-3/h4-9,20-24,26,30,35,50,53H,3,10-19H2,1-2H3,(H,46,47)(H,51,60)(H,52,57,59);1H,(H,2,3). The molecule has 3 fully saturated rings. The summed E-state index contributed by atoms with van der Waals surface area (Å²) >= 11 is 0. The van der Waals surface area contributed by atoms with Crippen molar-refractivity contribution in [1.29, 1.82) is 0 Å². The van der Waals surface area contributed by atoms with Crippen molar-refractivity contribution >= 4 is 68.7 Å². The van der Waals surface area contributed by atoms with Gasteiger partial charge in [0.15, 0.2) is 5.82 Å². The minimum atomic E-state index is -4.15. The molecule has 0 radical (unpaired) electrons. The number of piperidine rings is 3. The van der Waals surface area contributed by atoms with Gasteiger partial charge < -0.3 is 30.5 Å². The molecule has 0 spiro atoms. The minimum absolute atomic E-state index is 0.00250. The predicted octanol–water partition coefficient (Wildman–Crippen LogP) is 4.61. The maximum absolute atomic E-state index is 15.6. The van der Waals surface area contributed by atoms with E-state index >= 15 is 8.78 Å². The molecule has 3 aliphatic rings. The average molecular weight is 930 g/mol. The van der Waals surface area contributed by atoms with E-state index in [2.05, 4.69) is 52.7 Å². The Balaban J connectivity index is 0.00000210. The molecule has 3 saturated heterocycles. The number of hydrogen-bond acceptors (Lipinski definition) is 12. The molecule has 22 heteroatoms. The van der Waals surface area contributed by atoms with Gasteiger partial charge in [-0.25, -0.2) is 28.5 Å². The van der Waals surface area contributed by atoms with Crippen LogP contribution in [0.4, 0.5) is 30.9 Å². The molecule has 2 aromatic carbocycles. The van der Waals surface area contributed by atoms with E-state index in [1.54, 1.807) is 31.6 Å². The van der Waals surface area contributed by atoms with Crippen LogP contribution in [0.25, 0.3) is 22.2 Å². The summed E-state index contributed by atoms with van der Waals surface area (Å²) in [6.07, 6.45) is 10.0. The van der Waals surface area contributed by atoms with E-state index in [1.807, 2.05) is 21.9 Å². The molecule has 6 N–H and O–H groups in total. The van der Waals surface area contributed by atoms with Crippen molar-refractivity contribution in [1.82, 2.24) is 39.8 Å². The van der Waals surface area contributed by atoms with Crippen molar-refractivity contribution in [2.45, 2.75) is 63.5 Å². The second-order valence-corrected chi connectivity index (χ2v) is 17.9. The number of carbonyl (C=O) groups is 5. The van der Waals surface area contributed by atoms with Crippen LogP contribution in [0.15, 0.2) is 67.3 Å². The number of carbonyl (C=O) groups excluding carboxylic acids is 4. The number of urea groups is 1. The molecule has 3 aliphatic heterocycles. The van der Waals surface area contributed by atoms with E-state index in [1.165, 1.54) is 18.8 Å². The van der Waals surface area contributed by atoms with E-state index in [9.17, 15) is 27.6 Å². The maximum Gasteiger partial charge on any atom is 0.317 e. The average Bonchev–Trinajstić information content (AvgIpc) is 3.75. The van der Waals surface area contributed by atoms with Crippen LogP contribution in [0.1, 0.15) is 72.9 Å². The number of imide groups is 1. The molecule has 19 nitrogen and oxygen atoms in total. The van der Waals surface area contributed by atoms with Gasteiger partial charge in [0, 0.05) is 105 Å². The van der Waals surface area contributed by atoms with Gasteiger partial charge in [0.25, 0.3) is 6.47 Å². The number of aromatic amines is 1. The first kappa shape index (κ1) is 46.9. The molecule has 1 unspecified atom stereocenters. The highest BCUT2D eigenvalue weighted by molar-refractivity contribution is 7.90. The number of amides is 4. The van der Waals surface area contributed by atoms with E-state index in [0.29, 0.717) is 85.9 Å². The Morgan fingerprint density at radius 2 is 1.61 bits per heavy atom. The normalized spacial score (nSPS) is 17.2. The number of rotatable bonds is 12. The molecule has 0 saturated carbocycles. The fourth-order valence-electron chi connectivity index (χ4n) is 8.13. The first-order valence-electron chi connectivity index (χ1n) is 21.3. The number of halogens is 2. The third kappa shape index (κ3) is 10.5. The number of H-pyrrole nitrogens is 1. The smallest absolute Gasteiger partial charge is 0.317 e. The zero-order chi connectivity index (χ0) is 47.1. The van der Waals surface area contributed by atoms with Crippen molar-refractivity contribution in [2.24, 2.45) is 0 Å². The summed E-state index contributed by atoms with van der Waals surface area (Å²) in [5.74, 6) is -3.21. The van der Waals surface area contributed by atoms with Gasteiger partial charge >= 0.3 is 16.2 Å². The van der Waals surface area contributed by atoms with Gasteiger partial charge in [-0.3, -0.25) is 29.2 Å². The van der Waals surface area contributed by atoms with Gasteiger partial charge in [-0.05, 0) is 73.9 Å². The molecular formula is C44H49F2N11O8S. The van der Waals surface area contributed by atoms with E-state index < -0.39 is 44.9 Å². The Labute approximate surface area is 378 Å². The molecule has 1 atom stereocenters. The highest BCUT2D eigenvalue weighted by Gasteiger charge is 2.30. The van der Waals surface area contributed by atoms with E-state index in [-0.39, 0.29) is 42.5 Å².